The fourth-order valence-corrected chi connectivity index (χ4v) is 2.88. The lowest BCUT2D eigenvalue weighted by Crippen LogP contribution is -2.44. The van der Waals surface area contributed by atoms with Crippen LogP contribution >= 0.6 is 22.9 Å². The van der Waals surface area contributed by atoms with E-state index in [1.54, 1.807) is 11.3 Å². The number of hydrogen-bond acceptors (Lipinski definition) is 4. The van der Waals surface area contributed by atoms with Gasteiger partial charge in [-0.2, -0.15) is 0 Å². The van der Waals surface area contributed by atoms with Gasteiger partial charge in [0.1, 0.15) is 0 Å². The van der Waals surface area contributed by atoms with Crippen molar-refractivity contribution in [2.75, 3.05) is 6.54 Å². The number of nitrogens with one attached hydrogen (secondary N) is 1. The fourth-order valence-electron chi connectivity index (χ4n) is 1.77. The van der Waals surface area contributed by atoms with Gasteiger partial charge >= 0.3 is 0 Å². The second-order valence-corrected chi connectivity index (χ2v) is 6.58. The number of fused-ring (bicyclic) bond motifs is 1. The number of aromatic nitrogens is 1. The summed E-state index contributed by atoms with van der Waals surface area (Å²) >= 11 is 7.55. The van der Waals surface area contributed by atoms with Crippen LogP contribution in [0.15, 0.2) is 18.2 Å². The Bertz CT molecular complexity index is 611. The number of amides is 1. The number of halogens is 1. The summed E-state index contributed by atoms with van der Waals surface area (Å²) in [7, 11) is 0. The fraction of sp³-hybridized carbons (Fsp3) is 0.429. The standard InChI is InChI=1S/C14H18ClN3OS/c1-8(2)13(16)14(19)17-6-5-12-18-10-7-9(15)3-4-11(10)20-12/h3-4,7-8,13H,5-6,16H2,1-2H3,(H,17,19)/t13-/m0/s1. The quantitative estimate of drug-likeness (QED) is 0.892. The molecule has 1 heterocycles. The highest BCUT2D eigenvalue weighted by molar-refractivity contribution is 7.18. The molecule has 0 radical (unpaired) electrons. The lowest BCUT2D eigenvalue weighted by Gasteiger charge is -2.14. The molecule has 0 aliphatic heterocycles. The van der Waals surface area contributed by atoms with Crippen molar-refractivity contribution in [3.05, 3.63) is 28.2 Å². The van der Waals surface area contributed by atoms with E-state index in [1.807, 2.05) is 32.0 Å². The number of nitrogens with two attached hydrogens (primary N) is 1. The molecule has 0 saturated heterocycles. The summed E-state index contributed by atoms with van der Waals surface area (Å²) in [5.74, 6) is 0.0312. The summed E-state index contributed by atoms with van der Waals surface area (Å²) in [5.41, 5.74) is 6.68. The molecule has 3 N–H and O–H groups in total. The summed E-state index contributed by atoms with van der Waals surface area (Å²) in [6.45, 7) is 4.41. The number of rotatable bonds is 5. The van der Waals surface area contributed by atoms with E-state index >= 15 is 0 Å². The molecule has 0 unspecified atom stereocenters. The summed E-state index contributed by atoms with van der Waals surface area (Å²) in [6.07, 6.45) is 0.702. The molecule has 1 aromatic heterocycles. The predicted octanol–water partition coefficient (Wildman–Crippen LogP) is 2.59. The van der Waals surface area contributed by atoms with E-state index in [2.05, 4.69) is 10.3 Å². The van der Waals surface area contributed by atoms with Gasteiger partial charge in [0.2, 0.25) is 5.91 Å². The zero-order chi connectivity index (χ0) is 14.7. The molecular weight excluding hydrogens is 294 g/mol. The number of carbonyl (C=O) groups is 1. The highest BCUT2D eigenvalue weighted by atomic mass is 35.5. The molecule has 0 spiro atoms. The zero-order valence-corrected chi connectivity index (χ0v) is 13.1. The average molecular weight is 312 g/mol. The van der Waals surface area contributed by atoms with E-state index in [4.69, 9.17) is 17.3 Å². The van der Waals surface area contributed by atoms with Crippen LogP contribution in [0.2, 0.25) is 5.02 Å². The van der Waals surface area contributed by atoms with Crippen LogP contribution in [0.4, 0.5) is 0 Å². The van der Waals surface area contributed by atoms with Gasteiger partial charge in [0.05, 0.1) is 21.3 Å². The van der Waals surface area contributed by atoms with Crippen molar-refractivity contribution in [3.63, 3.8) is 0 Å². The molecule has 2 aromatic rings. The van der Waals surface area contributed by atoms with E-state index in [9.17, 15) is 4.79 Å². The molecule has 1 atom stereocenters. The molecule has 20 heavy (non-hydrogen) atoms. The maximum atomic E-state index is 11.7. The van der Waals surface area contributed by atoms with Gasteiger partial charge in [-0.05, 0) is 24.1 Å². The van der Waals surface area contributed by atoms with Crippen LogP contribution in [0.25, 0.3) is 10.2 Å². The molecule has 6 heteroatoms. The molecule has 0 fully saturated rings. The highest BCUT2D eigenvalue weighted by Crippen LogP contribution is 2.24. The van der Waals surface area contributed by atoms with Crippen molar-refractivity contribution in [3.8, 4) is 0 Å². The van der Waals surface area contributed by atoms with Crippen LogP contribution in [0, 0.1) is 5.92 Å². The second kappa shape index (κ2) is 6.52. The van der Waals surface area contributed by atoms with Gasteiger partial charge < -0.3 is 11.1 Å². The minimum Gasteiger partial charge on any atom is -0.354 e. The summed E-state index contributed by atoms with van der Waals surface area (Å²) < 4.78 is 1.11. The molecule has 0 aliphatic rings. The Labute approximate surface area is 127 Å². The van der Waals surface area contributed by atoms with E-state index in [0.717, 1.165) is 15.2 Å². The van der Waals surface area contributed by atoms with Crippen molar-refractivity contribution in [2.24, 2.45) is 11.7 Å². The van der Waals surface area contributed by atoms with E-state index in [-0.39, 0.29) is 11.8 Å². The molecule has 108 valence electrons. The number of hydrogen-bond donors (Lipinski definition) is 2. The summed E-state index contributed by atoms with van der Waals surface area (Å²) in [5, 5.41) is 4.52. The van der Waals surface area contributed by atoms with Gasteiger partial charge in [-0.15, -0.1) is 11.3 Å². The Hall–Kier alpha value is -1.17. The van der Waals surface area contributed by atoms with Crippen LogP contribution in [0.1, 0.15) is 18.9 Å². The van der Waals surface area contributed by atoms with Crippen molar-refractivity contribution in [1.29, 1.82) is 0 Å². The van der Waals surface area contributed by atoms with Crippen LogP contribution < -0.4 is 11.1 Å². The third kappa shape index (κ3) is 3.69. The third-order valence-electron chi connectivity index (χ3n) is 3.05. The summed E-state index contributed by atoms with van der Waals surface area (Å²) in [6, 6.07) is 5.22. The first-order chi connectivity index (χ1) is 9.47. The monoisotopic (exact) mass is 311 g/mol. The normalized spacial score (nSPS) is 12.8. The molecular formula is C14H18ClN3OS. The Morgan fingerprint density at radius 1 is 1.50 bits per heavy atom. The first-order valence-electron chi connectivity index (χ1n) is 6.55. The van der Waals surface area contributed by atoms with E-state index in [0.29, 0.717) is 18.0 Å². The number of nitrogens with zero attached hydrogens (tertiary/aromatic N) is 1. The summed E-state index contributed by atoms with van der Waals surface area (Å²) in [4.78, 5) is 16.2. The Morgan fingerprint density at radius 3 is 2.95 bits per heavy atom. The lowest BCUT2D eigenvalue weighted by atomic mass is 10.1. The molecule has 1 amide bonds. The van der Waals surface area contributed by atoms with Crippen molar-refractivity contribution >= 4 is 39.1 Å². The van der Waals surface area contributed by atoms with Crippen molar-refractivity contribution in [1.82, 2.24) is 10.3 Å². The van der Waals surface area contributed by atoms with Gasteiger partial charge in [0, 0.05) is 18.0 Å². The Balaban J connectivity index is 1.91. The molecule has 1 aromatic carbocycles. The molecule has 0 aliphatic carbocycles. The first-order valence-corrected chi connectivity index (χ1v) is 7.75. The number of benzene rings is 1. The van der Waals surface area contributed by atoms with Gasteiger partial charge in [-0.3, -0.25) is 4.79 Å². The van der Waals surface area contributed by atoms with Crippen molar-refractivity contribution in [2.45, 2.75) is 26.3 Å². The topological polar surface area (TPSA) is 68.0 Å². The average Bonchev–Trinajstić information content (AvgIpc) is 2.79. The number of thiazole rings is 1. The predicted molar refractivity (Wildman–Crippen MR) is 84.2 cm³/mol. The lowest BCUT2D eigenvalue weighted by molar-refractivity contribution is -0.123. The van der Waals surface area contributed by atoms with E-state index in [1.165, 1.54) is 0 Å². The molecule has 0 saturated carbocycles. The minimum atomic E-state index is -0.454. The Morgan fingerprint density at radius 2 is 2.25 bits per heavy atom. The minimum absolute atomic E-state index is 0.107. The van der Waals surface area contributed by atoms with Gasteiger partial charge in [-0.25, -0.2) is 4.98 Å². The maximum absolute atomic E-state index is 11.7. The largest absolute Gasteiger partial charge is 0.354 e. The van der Waals surface area contributed by atoms with Gasteiger partial charge in [-0.1, -0.05) is 25.4 Å². The molecule has 0 bridgehead atoms. The van der Waals surface area contributed by atoms with Crippen LogP contribution in [-0.4, -0.2) is 23.5 Å². The molecule has 2 rings (SSSR count). The maximum Gasteiger partial charge on any atom is 0.237 e. The third-order valence-corrected chi connectivity index (χ3v) is 4.38. The smallest absolute Gasteiger partial charge is 0.237 e. The highest BCUT2D eigenvalue weighted by Gasteiger charge is 2.16. The van der Waals surface area contributed by atoms with Crippen LogP contribution in [-0.2, 0) is 11.2 Å². The van der Waals surface area contributed by atoms with Crippen LogP contribution in [0.3, 0.4) is 0 Å². The number of carbonyl (C=O) groups excluding carboxylic acids is 1. The second-order valence-electron chi connectivity index (χ2n) is 5.03. The van der Waals surface area contributed by atoms with Crippen LogP contribution in [0.5, 0.6) is 0 Å². The van der Waals surface area contributed by atoms with Crippen molar-refractivity contribution < 1.29 is 4.79 Å². The van der Waals surface area contributed by atoms with Gasteiger partial charge in [0.25, 0.3) is 0 Å². The zero-order valence-electron chi connectivity index (χ0n) is 11.5. The van der Waals surface area contributed by atoms with Gasteiger partial charge in [0.15, 0.2) is 0 Å². The SMILES string of the molecule is CC(C)[C@H](N)C(=O)NCCc1nc2cc(Cl)ccc2s1. The van der Waals surface area contributed by atoms with E-state index < -0.39 is 6.04 Å². The molecule has 4 nitrogen and oxygen atoms in total. The first kappa shape index (κ1) is 15.2. The Kier molecular flexibility index (Phi) is 4.96.